The van der Waals surface area contributed by atoms with Crippen LogP contribution in [-0.4, -0.2) is 35.9 Å². The van der Waals surface area contributed by atoms with Gasteiger partial charge in [-0.1, -0.05) is 6.07 Å². The molecule has 1 N–H and O–H groups in total. The number of aliphatic hydroxyl groups excluding tert-OH is 1. The Morgan fingerprint density at radius 2 is 2.29 bits per heavy atom. The van der Waals surface area contributed by atoms with Crippen molar-refractivity contribution in [3.63, 3.8) is 0 Å². The van der Waals surface area contributed by atoms with Crippen LogP contribution >= 0.6 is 11.8 Å². The van der Waals surface area contributed by atoms with Gasteiger partial charge in [-0.15, -0.1) is 0 Å². The lowest BCUT2D eigenvalue weighted by Gasteiger charge is -2.27. The molecule has 2 aliphatic rings. The van der Waals surface area contributed by atoms with Crippen molar-refractivity contribution >= 4 is 11.8 Å². The topological polar surface area (TPSA) is 38.7 Å². The molecule has 3 rings (SSSR count). The molecule has 2 unspecified atom stereocenters. The summed E-state index contributed by atoms with van der Waals surface area (Å²) in [6.07, 6.45) is 0.346. The minimum absolute atomic E-state index is 0.0749. The molecule has 4 heteroatoms. The smallest absolute Gasteiger partial charge is 0.122 e. The molecule has 1 fully saturated rings. The molecule has 17 heavy (non-hydrogen) atoms. The lowest BCUT2D eigenvalue weighted by atomic mass is 10.0. The number of hydrogen-bond donors (Lipinski definition) is 1. The predicted octanol–water partition coefficient (Wildman–Crippen LogP) is 1.79. The van der Waals surface area contributed by atoms with Crippen LogP contribution in [0.2, 0.25) is 0 Å². The van der Waals surface area contributed by atoms with Gasteiger partial charge in [-0.3, -0.25) is 0 Å². The van der Waals surface area contributed by atoms with Gasteiger partial charge in [0, 0.05) is 17.9 Å². The van der Waals surface area contributed by atoms with Gasteiger partial charge in [-0.05, 0) is 23.3 Å². The van der Waals surface area contributed by atoms with Gasteiger partial charge >= 0.3 is 0 Å². The fourth-order valence-electron chi connectivity index (χ4n) is 2.29. The van der Waals surface area contributed by atoms with Gasteiger partial charge in [0.05, 0.1) is 19.3 Å². The van der Waals surface area contributed by atoms with Crippen molar-refractivity contribution in [1.29, 1.82) is 0 Å². The lowest BCUT2D eigenvalue weighted by Crippen LogP contribution is -2.29. The zero-order valence-electron chi connectivity index (χ0n) is 9.59. The van der Waals surface area contributed by atoms with Gasteiger partial charge in [-0.25, -0.2) is 0 Å². The average molecular weight is 252 g/mol. The van der Waals surface area contributed by atoms with E-state index >= 15 is 0 Å². The monoisotopic (exact) mass is 252 g/mol. The summed E-state index contributed by atoms with van der Waals surface area (Å²) in [5.41, 5.74) is 2.15. The molecule has 3 nitrogen and oxygen atoms in total. The fraction of sp³-hybridized carbons (Fsp3) is 0.538. The van der Waals surface area contributed by atoms with Crippen molar-refractivity contribution in [2.45, 2.75) is 18.6 Å². The van der Waals surface area contributed by atoms with Crippen LogP contribution in [-0.2, 0) is 11.2 Å². The number of thioether (sulfide) groups is 1. The third kappa shape index (κ3) is 2.30. The van der Waals surface area contributed by atoms with E-state index in [0.717, 1.165) is 42.5 Å². The minimum atomic E-state index is -0.520. The Kier molecular flexibility index (Phi) is 3.27. The number of hydrogen-bond acceptors (Lipinski definition) is 4. The molecule has 0 saturated carbocycles. The first-order valence-electron chi connectivity index (χ1n) is 5.97. The van der Waals surface area contributed by atoms with Gasteiger partial charge in [0.25, 0.3) is 0 Å². The molecule has 0 radical (unpaired) electrons. The molecule has 0 aliphatic carbocycles. The first-order valence-corrected chi connectivity index (χ1v) is 7.13. The predicted molar refractivity (Wildman–Crippen MR) is 67.7 cm³/mol. The SMILES string of the molecule is OC(c1ccc2c(c1)CCO2)C1CSCCO1. The molecule has 0 amide bonds. The summed E-state index contributed by atoms with van der Waals surface area (Å²) in [6.45, 7) is 1.49. The van der Waals surface area contributed by atoms with E-state index in [4.69, 9.17) is 9.47 Å². The van der Waals surface area contributed by atoms with E-state index in [9.17, 15) is 5.11 Å². The molecular formula is C13H16O3S. The molecule has 1 aromatic carbocycles. The van der Waals surface area contributed by atoms with Crippen molar-refractivity contribution in [2.75, 3.05) is 24.7 Å². The molecule has 0 spiro atoms. The van der Waals surface area contributed by atoms with Gasteiger partial charge < -0.3 is 14.6 Å². The van der Waals surface area contributed by atoms with E-state index in [1.807, 2.05) is 23.9 Å². The van der Waals surface area contributed by atoms with Crippen LogP contribution < -0.4 is 4.74 Å². The van der Waals surface area contributed by atoms with E-state index in [1.165, 1.54) is 5.56 Å². The molecule has 92 valence electrons. The van der Waals surface area contributed by atoms with Crippen molar-refractivity contribution in [3.05, 3.63) is 29.3 Å². The summed E-state index contributed by atoms with van der Waals surface area (Å²) >= 11 is 1.84. The summed E-state index contributed by atoms with van der Waals surface area (Å²) in [5.74, 6) is 2.86. The lowest BCUT2D eigenvalue weighted by molar-refractivity contribution is -0.0227. The highest BCUT2D eigenvalue weighted by atomic mass is 32.2. The Balaban J connectivity index is 1.78. The largest absolute Gasteiger partial charge is 0.493 e. The summed E-state index contributed by atoms with van der Waals surface area (Å²) in [5, 5.41) is 10.3. The second-order valence-electron chi connectivity index (χ2n) is 4.39. The zero-order valence-corrected chi connectivity index (χ0v) is 10.4. The molecule has 2 aliphatic heterocycles. The zero-order chi connectivity index (χ0) is 11.7. The fourth-order valence-corrected chi connectivity index (χ4v) is 3.18. The maximum absolute atomic E-state index is 10.3. The van der Waals surface area contributed by atoms with Crippen molar-refractivity contribution in [1.82, 2.24) is 0 Å². The standard InChI is InChI=1S/C13H16O3S/c14-13(12-8-17-6-5-16-12)10-1-2-11-9(7-10)3-4-15-11/h1-2,7,12-14H,3-6,8H2. The van der Waals surface area contributed by atoms with Gasteiger partial charge in [0.2, 0.25) is 0 Å². The van der Waals surface area contributed by atoms with E-state index in [2.05, 4.69) is 6.07 Å². The third-order valence-corrected chi connectivity index (χ3v) is 4.27. The summed E-state index contributed by atoms with van der Waals surface area (Å²) < 4.78 is 11.1. The maximum Gasteiger partial charge on any atom is 0.122 e. The first-order chi connectivity index (χ1) is 8.34. The molecule has 0 aromatic heterocycles. The highest BCUT2D eigenvalue weighted by molar-refractivity contribution is 7.99. The molecule has 0 bridgehead atoms. The molecular weight excluding hydrogens is 236 g/mol. The second kappa shape index (κ2) is 4.88. The van der Waals surface area contributed by atoms with Crippen LogP contribution in [0.3, 0.4) is 0 Å². The van der Waals surface area contributed by atoms with Crippen LogP contribution in [0.15, 0.2) is 18.2 Å². The van der Waals surface area contributed by atoms with Crippen molar-refractivity contribution in [3.8, 4) is 5.75 Å². The average Bonchev–Trinajstić information content (AvgIpc) is 2.86. The molecule has 1 saturated heterocycles. The number of benzene rings is 1. The highest BCUT2D eigenvalue weighted by Crippen LogP contribution is 2.31. The molecule has 2 heterocycles. The van der Waals surface area contributed by atoms with E-state index in [1.54, 1.807) is 0 Å². The Morgan fingerprint density at radius 3 is 3.12 bits per heavy atom. The van der Waals surface area contributed by atoms with E-state index < -0.39 is 6.10 Å². The van der Waals surface area contributed by atoms with Crippen LogP contribution in [0, 0.1) is 0 Å². The Morgan fingerprint density at radius 1 is 1.35 bits per heavy atom. The maximum atomic E-state index is 10.3. The van der Waals surface area contributed by atoms with Crippen LogP contribution in [0.4, 0.5) is 0 Å². The normalized spacial score (nSPS) is 25.1. The number of fused-ring (bicyclic) bond motifs is 1. The Labute approximate surface area is 105 Å². The van der Waals surface area contributed by atoms with Crippen LogP contribution in [0.5, 0.6) is 5.75 Å². The Hall–Kier alpha value is -0.710. The first kappa shape index (κ1) is 11.4. The van der Waals surface area contributed by atoms with E-state index in [0.29, 0.717) is 0 Å². The second-order valence-corrected chi connectivity index (χ2v) is 5.54. The number of aliphatic hydroxyl groups is 1. The van der Waals surface area contributed by atoms with Gasteiger partial charge in [-0.2, -0.15) is 11.8 Å². The Bertz CT molecular complexity index is 402. The quantitative estimate of drug-likeness (QED) is 0.871. The number of rotatable bonds is 2. The van der Waals surface area contributed by atoms with Crippen LogP contribution in [0.1, 0.15) is 17.2 Å². The highest BCUT2D eigenvalue weighted by Gasteiger charge is 2.25. The van der Waals surface area contributed by atoms with E-state index in [-0.39, 0.29) is 6.10 Å². The van der Waals surface area contributed by atoms with Crippen molar-refractivity contribution in [2.24, 2.45) is 0 Å². The molecule has 2 atom stereocenters. The minimum Gasteiger partial charge on any atom is -0.493 e. The van der Waals surface area contributed by atoms with Crippen molar-refractivity contribution < 1.29 is 14.6 Å². The summed E-state index contributed by atoms with van der Waals surface area (Å²) in [6, 6.07) is 5.95. The third-order valence-electron chi connectivity index (χ3n) is 3.25. The van der Waals surface area contributed by atoms with Crippen LogP contribution in [0.25, 0.3) is 0 Å². The summed E-state index contributed by atoms with van der Waals surface area (Å²) in [7, 11) is 0. The van der Waals surface area contributed by atoms with Gasteiger partial charge in [0.1, 0.15) is 11.9 Å². The number of ether oxygens (including phenoxy) is 2. The molecule has 1 aromatic rings. The van der Waals surface area contributed by atoms with Gasteiger partial charge in [0.15, 0.2) is 0 Å². The summed E-state index contributed by atoms with van der Waals surface area (Å²) in [4.78, 5) is 0.